The average Bonchev–Trinajstić information content (AvgIpc) is 2.66. The number of morpholine rings is 1. The topological polar surface area (TPSA) is 41.6 Å². The molecule has 1 rings (SSSR count). The van der Waals surface area contributed by atoms with Gasteiger partial charge in [0.1, 0.15) is 0 Å². The number of amides is 1. The summed E-state index contributed by atoms with van der Waals surface area (Å²) in [5.41, 5.74) is 0.804. The molecule has 0 unspecified atom stereocenters. The first-order valence-corrected chi connectivity index (χ1v) is 8.10. The Balaban J connectivity index is 3.48. The van der Waals surface area contributed by atoms with E-state index in [0.717, 1.165) is 5.43 Å². The summed E-state index contributed by atoms with van der Waals surface area (Å²) in [6.07, 6.45) is -7.82. The maximum Gasteiger partial charge on any atom is 0.460 e. The van der Waals surface area contributed by atoms with Crippen molar-refractivity contribution < 1.29 is 84.2 Å². The van der Waals surface area contributed by atoms with Crippen LogP contribution < -0.4 is 5.43 Å². The molecule has 202 valence electrons. The number of hydrogen-bond donors (Lipinski definition) is 1. The van der Waals surface area contributed by atoms with Gasteiger partial charge in [0, 0.05) is 13.1 Å². The van der Waals surface area contributed by atoms with Crippen molar-refractivity contribution in [3.63, 3.8) is 0 Å². The van der Waals surface area contributed by atoms with Gasteiger partial charge in [-0.3, -0.25) is 10.2 Å². The zero-order valence-corrected chi connectivity index (χ0v) is 15.5. The molecule has 0 radical (unpaired) electrons. The Kier molecular flexibility index (Phi) is 7.47. The van der Waals surface area contributed by atoms with Crippen molar-refractivity contribution in [2.75, 3.05) is 26.3 Å². The van der Waals surface area contributed by atoms with E-state index in [1.165, 1.54) is 0 Å². The third-order valence-electron chi connectivity index (χ3n) is 4.28. The first-order valence-electron chi connectivity index (χ1n) is 8.10. The minimum Gasteiger partial charge on any atom is -0.379 e. The highest BCUT2D eigenvalue weighted by atomic mass is 19.4. The lowest BCUT2D eigenvalue weighted by Gasteiger charge is -2.42. The van der Waals surface area contributed by atoms with Crippen molar-refractivity contribution in [2.45, 2.75) is 47.6 Å². The zero-order valence-electron chi connectivity index (χ0n) is 15.5. The lowest BCUT2D eigenvalue weighted by molar-refractivity contribution is -0.459. The van der Waals surface area contributed by atoms with Crippen molar-refractivity contribution in [1.29, 1.82) is 0 Å². The van der Waals surface area contributed by atoms with Gasteiger partial charge in [0.05, 0.1) is 13.2 Å². The fraction of sp³-hybridized carbons (Fsp3) is 0.923. The summed E-state index contributed by atoms with van der Waals surface area (Å²) >= 11 is 0. The predicted octanol–water partition coefficient (Wildman–Crippen LogP) is 4.36. The molecular weight excluding hydrogens is 539 g/mol. The van der Waals surface area contributed by atoms with E-state index >= 15 is 0 Å². The fourth-order valence-electron chi connectivity index (χ4n) is 2.20. The number of carbonyl (C=O) groups is 1. The van der Waals surface area contributed by atoms with Crippen LogP contribution in [0.2, 0.25) is 0 Å². The third-order valence-corrected chi connectivity index (χ3v) is 4.28. The van der Waals surface area contributed by atoms with Crippen LogP contribution in [0.15, 0.2) is 0 Å². The molecule has 0 aromatic carbocycles. The molecular formula is C13H9F17N2O2. The molecule has 0 aromatic heterocycles. The smallest absolute Gasteiger partial charge is 0.379 e. The average molecular weight is 548 g/mol. The van der Waals surface area contributed by atoms with Crippen molar-refractivity contribution in [3.05, 3.63) is 0 Å². The Morgan fingerprint density at radius 1 is 0.559 bits per heavy atom. The SMILES string of the molecule is O=C(NN1CCOCC1)C(F)(F)C(F)(F)C(F)(F)C(F)(F)C(F)(F)C(F)(F)C(F)(F)C(F)(F)F. The highest BCUT2D eigenvalue weighted by molar-refractivity contribution is 5.84. The molecule has 4 nitrogen and oxygen atoms in total. The molecule has 0 bridgehead atoms. The summed E-state index contributed by atoms with van der Waals surface area (Å²) in [5.74, 6) is -61.5. The Bertz CT molecular complexity index is 757. The van der Waals surface area contributed by atoms with E-state index in [2.05, 4.69) is 4.74 Å². The number of nitrogens with one attached hydrogen (secondary N) is 1. The van der Waals surface area contributed by atoms with Crippen LogP contribution in [-0.2, 0) is 9.53 Å². The summed E-state index contributed by atoms with van der Waals surface area (Å²) in [7, 11) is 0. The van der Waals surface area contributed by atoms with Crippen LogP contribution in [0.1, 0.15) is 0 Å². The summed E-state index contributed by atoms with van der Waals surface area (Å²) in [5, 5.41) is 0.277. The van der Waals surface area contributed by atoms with Crippen LogP contribution in [0.4, 0.5) is 74.6 Å². The number of hydrazine groups is 1. The minimum atomic E-state index is -8.73. The van der Waals surface area contributed by atoms with E-state index in [0.29, 0.717) is 0 Å². The molecule has 1 aliphatic heterocycles. The van der Waals surface area contributed by atoms with Crippen molar-refractivity contribution in [1.82, 2.24) is 10.4 Å². The van der Waals surface area contributed by atoms with Gasteiger partial charge in [-0.2, -0.15) is 74.6 Å². The van der Waals surface area contributed by atoms with E-state index < -0.39 is 66.6 Å². The third kappa shape index (κ3) is 4.11. The Hall–Kier alpha value is -1.80. The Morgan fingerprint density at radius 2 is 0.882 bits per heavy atom. The first-order chi connectivity index (χ1) is 14.7. The maximum absolute atomic E-state index is 13.7. The maximum atomic E-state index is 13.7. The van der Waals surface area contributed by atoms with E-state index in [4.69, 9.17) is 0 Å². The standard InChI is InChI=1S/C13H9F17N2O2/c14-6(15,5(33)31-32-1-3-34-4-2-32)7(16,17)8(18,19)9(20,21)10(22,23)11(24,25)12(26,27)13(28,29)30/h1-4H2,(H,31,33). The van der Waals surface area contributed by atoms with Crippen LogP contribution in [0.5, 0.6) is 0 Å². The zero-order chi connectivity index (χ0) is 27.4. The normalized spacial score (nSPS) is 18.7. The predicted molar refractivity (Wildman–Crippen MR) is 71.2 cm³/mol. The van der Waals surface area contributed by atoms with E-state index in [1.54, 1.807) is 0 Å². The Morgan fingerprint density at radius 3 is 1.24 bits per heavy atom. The first kappa shape index (κ1) is 30.2. The van der Waals surface area contributed by atoms with Gasteiger partial charge in [0.15, 0.2) is 0 Å². The van der Waals surface area contributed by atoms with E-state index in [1.807, 2.05) is 0 Å². The number of rotatable bonds is 8. The molecule has 1 saturated heterocycles. The number of nitrogens with zero attached hydrogens (tertiary/aromatic N) is 1. The van der Waals surface area contributed by atoms with Gasteiger partial charge in [-0.05, 0) is 0 Å². The van der Waals surface area contributed by atoms with Crippen molar-refractivity contribution >= 4 is 5.91 Å². The summed E-state index contributed by atoms with van der Waals surface area (Å²) in [6.45, 7) is -1.94. The van der Waals surface area contributed by atoms with Gasteiger partial charge in [-0.1, -0.05) is 0 Å². The molecule has 1 fully saturated rings. The van der Waals surface area contributed by atoms with Gasteiger partial charge < -0.3 is 4.74 Å². The van der Waals surface area contributed by atoms with Crippen molar-refractivity contribution in [3.8, 4) is 0 Å². The highest BCUT2D eigenvalue weighted by Crippen LogP contribution is 2.63. The summed E-state index contributed by atoms with van der Waals surface area (Å²) < 4.78 is 228. The van der Waals surface area contributed by atoms with Crippen LogP contribution in [0, 0.1) is 0 Å². The van der Waals surface area contributed by atoms with Gasteiger partial charge in [-0.15, -0.1) is 0 Å². The number of alkyl halides is 17. The second-order valence-corrected chi connectivity index (χ2v) is 6.56. The molecule has 0 aliphatic carbocycles. The van der Waals surface area contributed by atoms with E-state index in [-0.39, 0.29) is 18.2 Å². The fourth-order valence-corrected chi connectivity index (χ4v) is 2.20. The van der Waals surface area contributed by atoms with Crippen LogP contribution >= 0.6 is 0 Å². The van der Waals surface area contributed by atoms with Crippen LogP contribution in [-0.4, -0.2) is 84.9 Å². The number of halogens is 17. The van der Waals surface area contributed by atoms with Gasteiger partial charge in [-0.25, -0.2) is 5.01 Å². The second kappa shape index (κ2) is 8.40. The van der Waals surface area contributed by atoms with Crippen LogP contribution in [0.3, 0.4) is 0 Å². The largest absolute Gasteiger partial charge is 0.460 e. The molecule has 1 heterocycles. The Labute approximate surface area is 175 Å². The molecule has 21 heteroatoms. The minimum absolute atomic E-state index is 0.277. The highest BCUT2D eigenvalue weighted by Gasteiger charge is 2.95. The summed E-state index contributed by atoms with van der Waals surface area (Å²) in [6, 6.07) is 0. The molecule has 0 atom stereocenters. The lowest BCUT2D eigenvalue weighted by Crippen LogP contribution is -2.75. The van der Waals surface area contributed by atoms with Gasteiger partial charge >= 0.3 is 53.5 Å². The van der Waals surface area contributed by atoms with Crippen LogP contribution in [0.25, 0.3) is 0 Å². The second-order valence-electron chi connectivity index (χ2n) is 6.56. The number of hydrogen-bond acceptors (Lipinski definition) is 3. The summed E-state index contributed by atoms with van der Waals surface area (Å²) in [4.78, 5) is 11.3. The van der Waals surface area contributed by atoms with Gasteiger partial charge in [0.25, 0.3) is 0 Å². The molecule has 1 amide bonds. The molecule has 1 aliphatic rings. The van der Waals surface area contributed by atoms with Crippen molar-refractivity contribution in [2.24, 2.45) is 0 Å². The quantitative estimate of drug-likeness (QED) is 0.459. The molecule has 34 heavy (non-hydrogen) atoms. The molecule has 0 saturated carbocycles. The molecule has 0 aromatic rings. The lowest BCUT2D eigenvalue weighted by atomic mass is 9.89. The van der Waals surface area contributed by atoms with Gasteiger partial charge in [0.2, 0.25) is 0 Å². The molecule has 1 N–H and O–H groups in total. The number of carbonyl (C=O) groups excluding carboxylic acids is 1. The number of ether oxygens (including phenoxy) is 1. The monoisotopic (exact) mass is 548 g/mol. The van der Waals surface area contributed by atoms with E-state index in [9.17, 15) is 79.4 Å². The molecule has 0 spiro atoms.